The lowest BCUT2D eigenvalue weighted by Gasteiger charge is -2.29. The molecule has 0 radical (unpaired) electrons. The third kappa shape index (κ3) is 5.69. The standard InChI is InChI=1S/C23H33N5O2/c1-17(2)23(18-9-11-20(30-4)12-10-18)25-22(29)16-27(3)15-19-7-6-14-28(19)21-8-5-13-24-26-21/h5,8-13,17,19,23H,6-7,14-16H2,1-4H3,(H,25,29). The molecule has 2 aromatic rings. The first-order valence-corrected chi connectivity index (χ1v) is 10.6. The van der Waals surface area contributed by atoms with Crippen molar-refractivity contribution >= 4 is 11.7 Å². The van der Waals surface area contributed by atoms with Gasteiger partial charge in [-0.05, 0) is 55.6 Å². The molecule has 2 heterocycles. The van der Waals surface area contributed by atoms with Gasteiger partial charge >= 0.3 is 0 Å². The summed E-state index contributed by atoms with van der Waals surface area (Å²) in [7, 11) is 3.66. The van der Waals surface area contributed by atoms with E-state index in [1.54, 1.807) is 13.3 Å². The molecule has 1 aromatic heterocycles. The van der Waals surface area contributed by atoms with Crippen LogP contribution in [0.25, 0.3) is 0 Å². The summed E-state index contributed by atoms with van der Waals surface area (Å²) in [6, 6.07) is 12.1. The highest BCUT2D eigenvalue weighted by Gasteiger charge is 2.27. The Morgan fingerprint density at radius 1 is 1.30 bits per heavy atom. The van der Waals surface area contributed by atoms with Gasteiger partial charge in [-0.2, -0.15) is 5.10 Å². The fraction of sp³-hybridized carbons (Fsp3) is 0.522. The number of hydrogen-bond donors (Lipinski definition) is 1. The number of anilines is 1. The molecule has 7 nitrogen and oxygen atoms in total. The molecule has 0 bridgehead atoms. The smallest absolute Gasteiger partial charge is 0.234 e. The van der Waals surface area contributed by atoms with Crippen molar-refractivity contribution < 1.29 is 9.53 Å². The molecular weight excluding hydrogens is 378 g/mol. The Morgan fingerprint density at radius 3 is 2.70 bits per heavy atom. The summed E-state index contributed by atoms with van der Waals surface area (Å²) in [5, 5.41) is 11.5. The third-order valence-corrected chi connectivity index (χ3v) is 5.62. The van der Waals surface area contributed by atoms with Gasteiger partial charge in [-0.1, -0.05) is 26.0 Å². The Labute approximate surface area is 179 Å². The fourth-order valence-corrected chi connectivity index (χ4v) is 4.11. The zero-order chi connectivity index (χ0) is 21.5. The van der Waals surface area contributed by atoms with Crippen molar-refractivity contribution in [2.75, 3.05) is 38.7 Å². The van der Waals surface area contributed by atoms with Gasteiger partial charge in [0.05, 0.1) is 19.7 Å². The van der Waals surface area contributed by atoms with E-state index in [2.05, 4.69) is 39.2 Å². The molecule has 30 heavy (non-hydrogen) atoms. The molecule has 1 N–H and O–H groups in total. The normalized spacial score (nSPS) is 17.4. The molecule has 1 aliphatic rings. The van der Waals surface area contributed by atoms with Gasteiger partial charge in [0.25, 0.3) is 0 Å². The predicted molar refractivity (Wildman–Crippen MR) is 119 cm³/mol. The topological polar surface area (TPSA) is 70.6 Å². The molecule has 0 aliphatic carbocycles. The van der Waals surface area contributed by atoms with Gasteiger partial charge < -0.3 is 15.0 Å². The van der Waals surface area contributed by atoms with Crippen LogP contribution in [0.5, 0.6) is 5.75 Å². The second-order valence-corrected chi connectivity index (χ2v) is 8.33. The van der Waals surface area contributed by atoms with E-state index in [1.807, 2.05) is 43.4 Å². The summed E-state index contributed by atoms with van der Waals surface area (Å²) in [6.45, 7) is 6.41. The molecule has 1 aliphatic heterocycles. The van der Waals surface area contributed by atoms with Gasteiger partial charge in [0, 0.05) is 25.3 Å². The highest BCUT2D eigenvalue weighted by atomic mass is 16.5. The van der Waals surface area contributed by atoms with Crippen LogP contribution in [-0.2, 0) is 4.79 Å². The van der Waals surface area contributed by atoms with Crippen molar-refractivity contribution in [2.24, 2.45) is 5.92 Å². The van der Waals surface area contributed by atoms with E-state index in [1.165, 1.54) is 0 Å². The number of carbonyl (C=O) groups is 1. The first kappa shape index (κ1) is 22.0. The number of ether oxygens (including phenoxy) is 1. The van der Waals surface area contributed by atoms with Crippen LogP contribution < -0.4 is 15.0 Å². The minimum atomic E-state index is -0.0284. The Balaban J connectivity index is 1.56. The van der Waals surface area contributed by atoms with E-state index in [4.69, 9.17) is 4.74 Å². The Morgan fingerprint density at radius 2 is 2.07 bits per heavy atom. The highest BCUT2D eigenvalue weighted by Crippen LogP contribution is 2.25. The highest BCUT2D eigenvalue weighted by molar-refractivity contribution is 5.78. The summed E-state index contributed by atoms with van der Waals surface area (Å²) in [6.07, 6.45) is 3.93. The number of likely N-dealkylation sites (N-methyl/N-ethyl adjacent to an activating group) is 1. The second-order valence-electron chi connectivity index (χ2n) is 8.33. The molecule has 2 unspecified atom stereocenters. The van der Waals surface area contributed by atoms with Crippen LogP contribution in [0, 0.1) is 5.92 Å². The third-order valence-electron chi connectivity index (χ3n) is 5.62. The summed E-state index contributed by atoms with van der Waals surface area (Å²) in [5.74, 6) is 2.06. The van der Waals surface area contributed by atoms with E-state index in [0.29, 0.717) is 12.6 Å². The first-order chi connectivity index (χ1) is 14.5. The maximum Gasteiger partial charge on any atom is 0.234 e. The molecule has 2 atom stereocenters. The number of benzene rings is 1. The van der Waals surface area contributed by atoms with E-state index in [0.717, 1.165) is 43.1 Å². The molecule has 1 amide bonds. The molecule has 1 saturated heterocycles. The van der Waals surface area contributed by atoms with E-state index < -0.39 is 0 Å². The second kappa shape index (κ2) is 10.4. The summed E-state index contributed by atoms with van der Waals surface area (Å²) >= 11 is 0. The van der Waals surface area contributed by atoms with Crippen LogP contribution in [-0.4, -0.2) is 60.8 Å². The Bertz CT molecular complexity index is 797. The van der Waals surface area contributed by atoms with Crippen LogP contribution >= 0.6 is 0 Å². The monoisotopic (exact) mass is 411 g/mol. The minimum absolute atomic E-state index is 0.0284. The van der Waals surface area contributed by atoms with Gasteiger partial charge in [-0.3, -0.25) is 9.69 Å². The van der Waals surface area contributed by atoms with Gasteiger partial charge in [0.1, 0.15) is 5.75 Å². The van der Waals surface area contributed by atoms with Crippen molar-refractivity contribution in [2.45, 2.75) is 38.8 Å². The van der Waals surface area contributed by atoms with Crippen molar-refractivity contribution in [1.82, 2.24) is 20.4 Å². The first-order valence-electron chi connectivity index (χ1n) is 10.6. The quantitative estimate of drug-likeness (QED) is 0.684. The van der Waals surface area contributed by atoms with Gasteiger partial charge in [-0.15, -0.1) is 5.10 Å². The lowest BCUT2D eigenvalue weighted by molar-refractivity contribution is -0.123. The van der Waals surface area contributed by atoms with Gasteiger partial charge in [-0.25, -0.2) is 0 Å². The molecular formula is C23H33N5O2. The molecule has 162 valence electrons. The number of aromatic nitrogens is 2. The SMILES string of the molecule is COc1ccc(C(NC(=O)CN(C)CC2CCCN2c2cccnn2)C(C)C)cc1. The van der Waals surface area contributed by atoms with Crippen molar-refractivity contribution in [3.05, 3.63) is 48.2 Å². The van der Waals surface area contributed by atoms with Crippen LogP contribution in [0.3, 0.4) is 0 Å². The number of nitrogens with one attached hydrogen (secondary N) is 1. The lowest BCUT2D eigenvalue weighted by atomic mass is 9.96. The summed E-state index contributed by atoms with van der Waals surface area (Å²) < 4.78 is 5.24. The fourth-order valence-electron chi connectivity index (χ4n) is 4.11. The lowest BCUT2D eigenvalue weighted by Crippen LogP contribution is -2.44. The number of methoxy groups -OCH3 is 1. The average molecular weight is 412 g/mol. The van der Waals surface area contributed by atoms with Crippen LogP contribution in [0.15, 0.2) is 42.6 Å². The zero-order valence-electron chi connectivity index (χ0n) is 18.4. The number of amides is 1. The Kier molecular flexibility index (Phi) is 7.63. The number of nitrogens with zero attached hydrogens (tertiary/aromatic N) is 4. The molecule has 0 saturated carbocycles. The maximum absolute atomic E-state index is 12.8. The van der Waals surface area contributed by atoms with Crippen molar-refractivity contribution in [3.63, 3.8) is 0 Å². The molecule has 7 heteroatoms. The summed E-state index contributed by atoms with van der Waals surface area (Å²) in [4.78, 5) is 17.2. The van der Waals surface area contributed by atoms with Crippen molar-refractivity contribution in [1.29, 1.82) is 0 Å². The summed E-state index contributed by atoms with van der Waals surface area (Å²) in [5.41, 5.74) is 1.09. The van der Waals surface area contributed by atoms with E-state index >= 15 is 0 Å². The molecule has 0 spiro atoms. The number of carbonyl (C=O) groups excluding carboxylic acids is 1. The zero-order valence-corrected chi connectivity index (χ0v) is 18.4. The minimum Gasteiger partial charge on any atom is -0.497 e. The Hall–Kier alpha value is -2.67. The van der Waals surface area contributed by atoms with Gasteiger partial charge in [0.15, 0.2) is 5.82 Å². The maximum atomic E-state index is 12.8. The predicted octanol–water partition coefficient (Wildman–Crippen LogP) is 2.90. The largest absolute Gasteiger partial charge is 0.497 e. The van der Waals surface area contributed by atoms with Crippen molar-refractivity contribution in [3.8, 4) is 5.75 Å². The number of hydrogen-bond acceptors (Lipinski definition) is 6. The van der Waals surface area contributed by atoms with Crippen LogP contribution in [0.4, 0.5) is 5.82 Å². The molecule has 1 aromatic carbocycles. The van der Waals surface area contributed by atoms with Gasteiger partial charge in [0.2, 0.25) is 5.91 Å². The van der Waals surface area contributed by atoms with E-state index in [-0.39, 0.29) is 17.9 Å². The van der Waals surface area contributed by atoms with Crippen LogP contribution in [0.2, 0.25) is 0 Å². The molecule has 3 rings (SSSR count). The number of rotatable bonds is 9. The van der Waals surface area contributed by atoms with E-state index in [9.17, 15) is 4.79 Å². The van der Waals surface area contributed by atoms with Crippen LogP contribution in [0.1, 0.15) is 38.3 Å². The molecule has 1 fully saturated rings. The average Bonchev–Trinajstić information content (AvgIpc) is 3.20.